The van der Waals surface area contributed by atoms with E-state index in [0.717, 1.165) is 71.9 Å². The number of carbonyl (C=O) groups is 6. The molecule has 0 saturated heterocycles. The van der Waals surface area contributed by atoms with Gasteiger partial charge in [0.05, 0.1) is 35.8 Å². The van der Waals surface area contributed by atoms with Crippen LogP contribution in [0.4, 0.5) is 0 Å². The van der Waals surface area contributed by atoms with E-state index in [9.17, 15) is 59.4 Å². The van der Waals surface area contributed by atoms with Gasteiger partial charge in [-0.3, -0.25) is 4.46 Å². The van der Waals surface area contributed by atoms with Crippen LogP contribution < -0.4 is 30.6 Å². The second kappa shape index (κ2) is 34.3. The van der Waals surface area contributed by atoms with Crippen molar-refractivity contribution >= 4 is 79.7 Å². The van der Waals surface area contributed by atoms with E-state index in [2.05, 4.69) is 0 Å². The maximum Gasteiger partial charge on any atom is 3.00 e. The van der Waals surface area contributed by atoms with E-state index in [0.29, 0.717) is 55.2 Å². The van der Waals surface area contributed by atoms with Gasteiger partial charge in [-0.05, 0) is 108 Å². The van der Waals surface area contributed by atoms with Crippen LogP contribution in [0.3, 0.4) is 0 Å². The van der Waals surface area contributed by atoms with Crippen molar-refractivity contribution < 1.29 is 73.5 Å². The van der Waals surface area contributed by atoms with Gasteiger partial charge in [0.1, 0.15) is 0 Å². The molecule has 384 valence electrons. The number of rotatable bonds is 21. The molecule has 0 aromatic heterocycles. The van der Waals surface area contributed by atoms with Crippen LogP contribution in [0.5, 0.6) is 0 Å². The van der Waals surface area contributed by atoms with Crippen molar-refractivity contribution in [1.29, 1.82) is 0 Å². The van der Waals surface area contributed by atoms with Crippen LogP contribution in [-0.2, 0) is 43.0 Å². The van der Waals surface area contributed by atoms with Crippen molar-refractivity contribution in [1.82, 2.24) is 0 Å². The third kappa shape index (κ3) is 20.9. The van der Waals surface area contributed by atoms with Gasteiger partial charge in [0, 0.05) is 33.4 Å². The summed E-state index contributed by atoms with van der Waals surface area (Å²) in [5.74, 6) is -8.93. The van der Waals surface area contributed by atoms with Crippen LogP contribution in [0, 0.1) is 0 Å². The molecule has 0 fully saturated rings. The second-order valence-electron chi connectivity index (χ2n) is 16.7. The maximum atomic E-state index is 11.6. The van der Waals surface area contributed by atoms with Crippen LogP contribution >= 0.6 is 0 Å². The Morgan fingerprint density at radius 1 is 0.373 bits per heavy atom. The number of hydrogen-bond donors (Lipinski definition) is 2. The number of aryl methyl sites for hydroxylation is 3. The van der Waals surface area contributed by atoms with Gasteiger partial charge in [-0.1, -0.05) is 167 Å². The minimum absolute atomic E-state index is 0. The van der Waals surface area contributed by atoms with E-state index in [1.54, 1.807) is 18.2 Å². The number of carboxylic acids is 6. The van der Waals surface area contributed by atoms with Gasteiger partial charge < -0.3 is 69.0 Å². The molecule has 0 atom stereocenters. The average molecular weight is 1060 g/mol. The molecule has 75 heavy (non-hydrogen) atoms. The number of carboxylic acid groups (broad SMARTS) is 6. The first-order valence-electron chi connectivity index (χ1n) is 23.6. The minimum Gasteiger partial charge on any atom is -0.545 e. The number of unbranched alkanes of at least 4 members (excludes halogenated alkanes) is 3. The smallest absolute Gasteiger partial charge is 0.545 e. The molecule has 6 rings (SSSR count). The number of hydrogen-bond acceptors (Lipinski definition) is 13. The first kappa shape index (κ1) is 65.8. The molecule has 0 unspecified atom stereocenters. The molecule has 0 heterocycles. The zero-order chi connectivity index (χ0) is 54.0. The summed E-state index contributed by atoms with van der Waals surface area (Å²) in [5.41, 5.74) is 5.06. The fraction of sp³-hybridized carbons (Fsp3) is 0.263. The average Bonchev–Trinajstić information content (AvgIpc) is 3.35. The van der Waals surface area contributed by atoms with E-state index in [1.807, 2.05) is 112 Å². The quantitative estimate of drug-likeness (QED) is 0.0970. The predicted molar refractivity (Wildman–Crippen MR) is 271 cm³/mol. The van der Waals surface area contributed by atoms with Gasteiger partial charge in [0.15, 0.2) is 0 Å². The van der Waals surface area contributed by atoms with Crippen molar-refractivity contribution in [2.24, 2.45) is 0 Å². The fourth-order valence-electron chi connectivity index (χ4n) is 8.09. The summed E-state index contributed by atoms with van der Waals surface area (Å²) < 4.78 is 8.74. The molecule has 0 radical (unpaired) electrons. The molecule has 0 aliphatic heterocycles. The monoisotopic (exact) mass is 1060 g/mol. The summed E-state index contributed by atoms with van der Waals surface area (Å²) in [6.07, 6.45) is 8.76. The first-order chi connectivity index (χ1) is 34.9. The summed E-state index contributed by atoms with van der Waals surface area (Å²) in [5, 5.41) is 68.4. The molecule has 15 nitrogen and oxygen atoms in total. The molecular weight excluding hydrogens is 1010 g/mol. The molecule has 0 saturated carbocycles. The van der Waals surface area contributed by atoms with Crippen LogP contribution in [0.1, 0.15) is 172 Å². The number of aromatic carboxylic acids is 6. The fourth-order valence-corrected chi connectivity index (χ4v) is 8.09. The molecule has 18 heteroatoms. The predicted octanol–water partition coefficient (Wildman–Crippen LogP) is 1.67. The third-order valence-corrected chi connectivity index (χ3v) is 11.6. The van der Waals surface area contributed by atoms with Crippen molar-refractivity contribution in [2.75, 3.05) is 0 Å². The van der Waals surface area contributed by atoms with Gasteiger partial charge in [-0.25, -0.2) is 0 Å². The van der Waals surface area contributed by atoms with E-state index in [4.69, 9.17) is 14.1 Å². The van der Waals surface area contributed by atoms with Gasteiger partial charge in [-0.2, -0.15) is 0 Å². The Bertz CT molecular complexity index is 2540. The summed E-state index contributed by atoms with van der Waals surface area (Å²) in [6, 6.07) is 37.1. The largest absolute Gasteiger partial charge is 3.00 e. The summed E-state index contributed by atoms with van der Waals surface area (Å²) in [7, 11) is -3.13. The van der Waals surface area contributed by atoms with Gasteiger partial charge in [0.25, 0.3) is 0 Å². The molecule has 0 aliphatic carbocycles. The summed E-state index contributed by atoms with van der Waals surface area (Å²) in [4.78, 5) is 82.8. The second-order valence-corrected chi connectivity index (χ2v) is 17.2. The van der Waals surface area contributed by atoms with Crippen LogP contribution in [-0.4, -0.2) is 89.3 Å². The molecule has 2 N–H and O–H groups in total. The van der Waals surface area contributed by atoms with Crippen molar-refractivity contribution in [3.05, 3.63) is 211 Å². The van der Waals surface area contributed by atoms with E-state index in [1.165, 1.54) is 18.2 Å². The normalized spacial score (nSPS) is 9.96. The maximum absolute atomic E-state index is 11.6. The minimum atomic E-state index is -3.13. The zero-order valence-corrected chi connectivity index (χ0v) is 45.3. The Kier molecular flexibility index (Phi) is 30.1. The van der Waals surface area contributed by atoms with Gasteiger partial charge >= 0.3 is 43.9 Å². The Morgan fingerprint density at radius 3 is 0.760 bits per heavy atom. The first-order valence-corrected chi connectivity index (χ1v) is 24.9. The molecule has 0 spiro atoms. The number of benzene rings is 6. The Hall–Kier alpha value is -7.18. The van der Waals surface area contributed by atoms with Gasteiger partial charge in [0.2, 0.25) is 0 Å². The summed E-state index contributed by atoms with van der Waals surface area (Å²) in [6.45, 7) is 6.14. The molecule has 0 amide bonds. The molecule has 0 aliphatic rings. The van der Waals surface area contributed by atoms with E-state index < -0.39 is 45.0 Å². The standard InChI is InChI=1S/3C19H20O4.2Al.H2O3Si/c3*1-2-3-9-14-10-11-15(18(20)21)17(19(22)23)16(14)12-13-7-5-4-6-8-13;;;1-4(2)3/h3*4-8,10-11H,2-3,9,12H2,1H3,(H,20,21)(H,22,23);;;1-2H/q;;;2*+3;/p-6. The number of carbonyl (C=O) groups excluding carboxylic acids is 6. The van der Waals surface area contributed by atoms with Gasteiger partial charge in [-0.15, -0.1) is 0 Å². The molecular formula is C57H56Al2O15Si. The summed E-state index contributed by atoms with van der Waals surface area (Å²) >= 11 is 0. The van der Waals surface area contributed by atoms with Crippen LogP contribution in [0.15, 0.2) is 127 Å². The van der Waals surface area contributed by atoms with E-state index in [-0.39, 0.29) is 68.1 Å². The molecule has 0 bridgehead atoms. The topological polar surface area (TPSA) is 298 Å². The Balaban J connectivity index is 0.000000535. The van der Waals surface area contributed by atoms with Crippen molar-refractivity contribution in [3.8, 4) is 0 Å². The van der Waals surface area contributed by atoms with Crippen molar-refractivity contribution in [3.63, 3.8) is 0 Å². The van der Waals surface area contributed by atoms with E-state index >= 15 is 0 Å². The SMILES string of the molecule is CCCCc1ccc(C(=O)[O-])c(C(=O)[O-])c1Cc1ccccc1.CCCCc1ccc(C(=O)[O-])c(C(=O)[O-])c1Cc1ccccc1.CCCCc1ccc(C(=O)[O-])c(C(=O)[O-])c1Cc1ccccc1.O=[Si](O)O.[Al+3].[Al+3]. The molecule has 6 aromatic carbocycles. The zero-order valence-electron chi connectivity index (χ0n) is 42.0. The van der Waals surface area contributed by atoms with Crippen molar-refractivity contribution in [2.45, 2.75) is 97.8 Å². The third-order valence-electron chi connectivity index (χ3n) is 11.6. The van der Waals surface area contributed by atoms with Crippen LogP contribution in [0.2, 0.25) is 0 Å². The van der Waals surface area contributed by atoms with Crippen LogP contribution in [0.25, 0.3) is 0 Å². The Labute approximate surface area is 459 Å². The Morgan fingerprint density at radius 2 is 0.587 bits per heavy atom. The molecule has 6 aromatic rings.